The first-order valence-corrected chi connectivity index (χ1v) is 10.4. The molecule has 2 saturated heterocycles. The van der Waals surface area contributed by atoms with Gasteiger partial charge in [-0.2, -0.15) is 0 Å². The van der Waals surface area contributed by atoms with Gasteiger partial charge in [-0.25, -0.2) is 5.32 Å². The van der Waals surface area contributed by atoms with Crippen LogP contribution >= 0.6 is 11.6 Å². The Morgan fingerprint density at radius 2 is 1.76 bits per heavy atom. The molecule has 2 aliphatic heterocycles. The lowest BCUT2D eigenvalue weighted by molar-refractivity contribution is 0.0404. The highest BCUT2D eigenvalue weighted by Crippen LogP contribution is 2.25. The first kappa shape index (κ1) is 20.0. The van der Waals surface area contributed by atoms with E-state index in [9.17, 15) is 9.59 Å². The molecule has 2 atom stereocenters. The van der Waals surface area contributed by atoms with Gasteiger partial charge in [-0.15, -0.1) is 0 Å². The molecule has 29 heavy (non-hydrogen) atoms. The van der Waals surface area contributed by atoms with Gasteiger partial charge < -0.3 is 4.90 Å². The Kier molecular flexibility index (Phi) is 6.23. The van der Waals surface area contributed by atoms with Crippen LogP contribution in [0.1, 0.15) is 33.7 Å². The van der Waals surface area contributed by atoms with Gasteiger partial charge >= 0.3 is 0 Å². The van der Waals surface area contributed by atoms with E-state index in [1.807, 2.05) is 11.0 Å². The minimum Gasteiger partial charge on any atom is -0.335 e. The van der Waals surface area contributed by atoms with E-state index >= 15 is 0 Å². The summed E-state index contributed by atoms with van der Waals surface area (Å²) >= 11 is 5.94. The third-order valence-corrected chi connectivity index (χ3v) is 5.97. The smallest absolute Gasteiger partial charge is 0.272 e. The van der Waals surface area contributed by atoms with Crippen LogP contribution in [0.5, 0.6) is 0 Å². The number of hydrogen-bond acceptors (Lipinski definition) is 4. The van der Waals surface area contributed by atoms with Crippen molar-refractivity contribution in [1.82, 2.24) is 20.1 Å². The van der Waals surface area contributed by atoms with Crippen molar-refractivity contribution in [2.24, 2.45) is 5.92 Å². The summed E-state index contributed by atoms with van der Waals surface area (Å²) in [6.45, 7) is 3.51. The van der Waals surface area contributed by atoms with Crippen LogP contribution in [0, 0.1) is 5.92 Å². The maximum atomic E-state index is 12.9. The standard InChI is InChI=1S/C22H24ClN4O2/c23-18-6-4-16(5-7-18)21(28)17-8-10-25-20(15-17)26-11-13-27(14-12-26)22(29)19-3-1-2-9-24-19/h1-7,9,17,20H,8,10-15H2. The first-order valence-electron chi connectivity index (χ1n) is 10.0. The zero-order valence-corrected chi connectivity index (χ0v) is 17.0. The predicted molar refractivity (Wildman–Crippen MR) is 111 cm³/mol. The fourth-order valence-corrected chi connectivity index (χ4v) is 4.18. The Hall–Kier alpha value is -2.28. The highest BCUT2D eigenvalue weighted by atomic mass is 35.5. The average molecular weight is 412 g/mol. The summed E-state index contributed by atoms with van der Waals surface area (Å²) in [5.74, 6) is 0.124. The van der Waals surface area contributed by atoms with Crippen molar-refractivity contribution >= 4 is 23.3 Å². The Morgan fingerprint density at radius 3 is 2.45 bits per heavy atom. The molecule has 2 aliphatic rings. The number of aromatic nitrogens is 1. The van der Waals surface area contributed by atoms with Crippen molar-refractivity contribution in [2.45, 2.75) is 19.0 Å². The van der Waals surface area contributed by atoms with Crippen LogP contribution in [0.4, 0.5) is 0 Å². The summed E-state index contributed by atoms with van der Waals surface area (Å²) in [6, 6.07) is 12.5. The molecule has 2 fully saturated rings. The summed E-state index contributed by atoms with van der Waals surface area (Å²) in [5.41, 5.74) is 1.20. The largest absolute Gasteiger partial charge is 0.335 e. The lowest BCUT2D eigenvalue weighted by Crippen LogP contribution is -2.56. The molecular weight excluding hydrogens is 388 g/mol. The van der Waals surface area contributed by atoms with Crippen LogP contribution in [0.2, 0.25) is 5.02 Å². The Balaban J connectivity index is 1.33. The molecule has 1 aromatic heterocycles. The second kappa shape index (κ2) is 9.03. The molecule has 2 unspecified atom stereocenters. The number of piperazine rings is 1. The molecule has 3 heterocycles. The van der Waals surface area contributed by atoms with E-state index in [4.69, 9.17) is 16.9 Å². The second-order valence-electron chi connectivity index (χ2n) is 7.52. The molecule has 2 aromatic rings. The zero-order valence-electron chi connectivity index (χ0n) is 16.2. The number of halogens is 1. The summed E-state index contributed by atoms with van der Waals surface area (Å²) in [5, 5.41) is 5.39. The molecule has 151 valence electrons. The van der Waals surface area contributed by atoms with Crippen molar-refractivity contribution < 1.29 is 9.59 Å². The van der Waals surface area contributed by atoms with Crippen molar-refractivity contribution in [3.63, 3.8) is 0 Å². The van der Waals surface area contributed by atoms with Gasteiger partial charge in [0.2, 0.25) is 0 Å². The number of pyridine rings is 1. The molecule has 1 radical (unpaired) electrons. The lowest BCUT2D eigenvalue weighted by Gasteiger charge is -2.41. The Bertz CT molecular complexity index is 851. The minimum atomic E-state index is -0.0263. The number of Topliss-reactive ketones (excluding diaryl/α,β-unsaturated/α-hetero) is 1. The monoisotopic (exact) mass is 411 g/mol. The van der Waals surface area contributed by atoms with Gasteiger partial charge in [0.05, 0.1) is 6.17 Å². The molecule has 7 heteroatoms. The number of nitrogens with zero attached hydrogens (tertiary/aromatic N) is 4. The van der Waals surface area contributed by atoms with E-state index in [0.29, 0.717) is 35.9 Å². The zero-order chi connectivity index (χ0) is 20.2. The average Bonchev–Trinajstić information content (AvgIpc) is 2.79. The van der Waals surface area contributed by atoms with Crippen molar-refractivity contribution in [3.8, 4) is 0 Å². The van der Waals surface area contributed by atoms with Gasteiger partial charge in [0, 0.05) is 55.4 Å². The number of benzene rings is 1. The van der Waals surface area contributed by atoms with Crippen molar-refractivity contribution in [2.75, 3.05) is 32.7 Å². The number of rotatable bonds is 4. The number of amides is 1. The molecule has 1 aromatic carbocycles. The fraction of sp³-hybridized carbons (Fsp3) is 0.409. The molecule has 0 N–H and O–H groups in total. The summed E-state index contributed by atoms with van der Waals surface area (Å²) < 4.78 is 0. The molecular formula is C22H24ClN4O2. The van der Waals surface area contributed by atoms with Gasteiger partial charge in [-0.1, -0.05) is 17.7 Å². The van der Waals surface area contributed by atoms with E-state index < -0.39 is 0 Å². The van der Waals surface area contributed by atoms with Crippen LogP contribution in [-0.4, -0.2) is 65.4 Å². The molecule has 0 spiro atoms. The maximum absolute atomic E-state index is 12.9. The Morgan fingerprint density at radius 1 is 1.00 bits per heavy atom. The van der Waals surface area contributed by atoms with Gasteiger partial charge in [0.25, 0.3) is 5.91 Å². The number of hydrogen-bond donors (Lipinski definition) is 0. The molecule has 4 rings (SSSR count). The van der Waals surface area contributed by atoms with Crippen LogP contribution in [0.25, 0.3) is 0 Å². The predicted octanol–water partition coefficient (Wildman–Crippen LogP) is 2.72. The van der Waals surface area contributed by atoms with Crippen molar-refractivity contribution in [3.05, 3.63) is 64.9 Å². The van der Waals surface area contributed by atoms with E-state index in [2.05, 4.69) is 9.88 Å². The molecule has 6 nitrogen and oxygen atoms in total. The fourth-order valence-electron chi connectivity index (χ4n) is 4.05. The van der Waals surface area contributed by atoms with Crippen molar-refractivity contribution in [1.29, 1.82) is 0 Å². The van der Waals surface area contributed by atoms with Crippen LogP contribution in [-0.2, 0) is 0 Å². The number of ketones is 1. The van der Waals surface area contributed by atoms with Crippen LogP contribution in [0.3, 0.4) is 0 Å². The maximum Gasteiger partial charge on any atom is 0.272 e. The third kappa shape index (κ3) is 4.66. The quantitative estimate of drug-likeness (QED) is 0.725. The number of carbonyl (C=O) groups is 2. The first-order chi connectivity index (χ1) is 14.1. The molecule has 0 saturated carbocycles. The lowest BCUT2D eigenvalue weighted by atomic mass is 9.87. The summed E-state index contributed by atoms with van der Waals surface area (Å²) in [6.07, 6.45) is 3.20. The summed E-state index contributed by atoms with van der Waals surface area (Å²) in [7, 11) is 0. The van der Waals surface area contributed by atoms with Gasteiger partial charge in [-0.05, 0) is 49.2 Å². The SMILES string of the molecule is O=C(c1ccc(Cl)cc1)C1CC[N]C(N2CCN(C(=O)c3ccccn3)CC2)C1. The highest BCUT2D eigenvalue weighted by molar-refractivity contribution is 6.30. The minimum absolute atomic E-state index is 0.0214. The van der Waals surface area contributed by atoms with E-state index in [-0.39, 0.29) is 23.8 Å². The van der Waals surface area contributed by atoms with Gasteiger partial charge in [-0.3, -0.25) is 19.5 Å². The van der Waals surface area contributed by atoms with E-state index in [1.165, 1.54) is 0 Å². The van der Waals surface area contributed by atoms with Crippen LogP contribution < -0.4 is 5.32 Å². The number of piperidine rings is 1. The summed E-state index contributed by atoms with van der Waals surface area (Å²) in [4.78, 5) is 33.7. The Labute approximate surface area is 175 Å². The van der Waals surface area contributed by atoms with Gasteiger partial charge in [0.15, 0.2) is 5.78 Å². The number of carbonyl (C=O) groups excluding carboxylic acids is 2. The van der Waals surface area contributed by atoms with Gasteiger partial charge in [0.1, 0.15) is 5.69 Å². The molecule has 0 bridgehead atoms. The normalized spacial score (nSPS) is 23.0. The molecule has 0 aliphatic carbocycles. The highest BCUT2D eigenvalue weighted by Gasteiger charge is 2.34. The molecule has 1 amide bonds. The third-order valence-electron chi connectivity index (χ3n) is 5.72. The second-order valence-corrected chi connectivity index (χ2v) is 7.96. The van der Waals surface area contributed by atoms with E-state index in [0.717, 1.165) is 25.9 Å². The van der Waals surface area contributed by atoms with E-state index in [1.54, 1.807) is 42.6 Å². The topological polar surface area (TPSA) is 67.6 Å². The van der Waals surface area contributed by atoms with Crippen LogP contribution in [0.15, 0.2) is 48.7 Å².